The maximum Gasteiger partial charge on any atom is 0.323 e. The Kier molecular flexibility index (Phi) is 12.4. The number of carbonyl (C=O) groups excluding carboxylic acids is 2. The lowest BCUT2D eigenvalue weighted by molar-refractivity contribution is -0.160. The van der Waals surface area contributed by atoms with Crippen LogP contribution < -0.4 is 5.73 Å². The van der Waals surface area contributed by atoms with E-state index in [4.69, 9.17) is 34.9 Å². The van der Waals surface area contributed by atoms with E-state index in [1.165, 1.54) is 0 Å². The van der Waals surface area contributed by atoms with E-state index in [-0.39, 0.29) is 45.1 Å². The highest BCUT2D eigenvalue weighted by molar-refractivity contribution is 5.82. The van der Waals surface area contributed by atoms with E-state index in [9.17, 15) is 9.59 Å². The van der Waals surface area contributed by atoms with E-state index in [0.29, 0.717) is 0 Å². The summed E-state index contributed by atoms with van der Waals surface area (Å²) in [5.41, 5.74) is 5.65. The van der Waals surface area contributed by atoms with Gasteiger partial charge in [0.05, 0.1) is 45.1 Å². The van der Waals surface area contributed by atoms with E-state index >= 15 is 0 Å². The van der Waals surface area contributed by atoms with Gasteiger partial charge < -0.3 is 34.9 Å². The fourth-order valence-electron chi connectivity index (χ4n) is 1.59. The van der Waals surface area contributed by atoms with Crippen LogP contribution in [0.15, 0.2) is 0 Å². The highest BCUT2D eigenvalue weighted by atomic mass is 16.6. The van der Waals surface area contributed by atoms with Crippen LogP contribution in [0.4, 0.5) is 0 Å². The number of carbonyl (C=O) groups is 2. The van der Waals surface area contributed by atoms with Crippen molar-refractivity contribution >= 4 is 11.9 Å². The molecule has 25 heavy (non-hydrogen) atoms. The SMILES string of the molecule is CC(CO)OCC(C)OC(=O)CC(N)C(=O)OC(C)COC(C)CO. The first-order valence-electron chi connectivity index (χ1n) is 8.30. The molecule has 0 heterocycles. The molecular formula is C16H31NO8. The second kappa shape index (κ2) is 13.0. The Morgan fingerprint density at radius 3 is 1.72 bits per heavy atom. The Morgan fingerprint density at radius 2 is 1.28 bits per heavy atom. The van der Waals surface area contributed by atoms with Gasteiger partial charge in [-0.3, -0.25) is 9.59 Å². The molecule has 0 bridgehead atoms. The Hall–Kier alpha value is -1.26. The molecule has 0 saturated carbocycles. The number of aliphatic hydroxyl groups excluding tert-OH is 2. The van der Waals surface area contributed by atoms with Gasteiger partial charge in [0.25, 0.3) is 0 Å². The Bertz CT molecular complexity index is 392. The Balaban J connectivity index is 4.10. The monoisotopic (exact) mass is 365 g/mol. The molecule has 0 amide bonds. The third kappa shape index (κ3) is 11.8. The molecule has 0 aromatic rings. The first-order valence-corrected chi connectivity index (χ1v) is 8.30. The molecule has 0 aliphatic rings. The maximum atomic E-state index is 11.8. The quantitative estimate of drug-likeness (QED) is 0.364. The van der Waals surface area contributed by atoms with E-state index in [0.717, 1.165) is 0 Å². The van der Waals surface area contributed by atoms with Gasteiger partial charge in [0, 0.05) is 0 Å². The predicted molar refractivity (Wildman–Crippen MR) is 88.7 cm³/mol. The normalized spacial score (nSPS) is 17.2. The fraction of sp³-hybridized carbons (Fsp3) is 0.875. The number of aliphatic hydroxyl groups is 2. The van der Waals surface area contributed by atoms with Crippen LogP contribution >= 0.6 is 0 Å². The van der Waals surface area contributed by atoms with Crippen LogP contribution in [0.25, 0.3) is 0 Å². The van der Waals surface area contributed by atoms with Crippen LogP contribution in [0, 0.1) is 0 Å². The second-order valence-electron chi connectivity index (χ2n) is 6.01. The van der Waals surface area contributed by atoms with Crippen LogP contribution in [-0.4, -0.2) is 79.0 Å². The first-order chi connectivity index (χ1) is 11.7. The maximum absolute atomic E-state index is 11.8. The summed E-state index contributed by atoms with van der Waals surface area (Å²) in [5.74, 6) is -1.38. The molecule has 0 spiro atoms. The van der Waals surface area contributed by atoms with Crippen LogP contribution in [-0.2, 0) is 28.5 Å². The van der Waals surface area contributed by atoms with Crippen molar-refractivity contribution in [1.29, 1.82) is 0 Å². The lowest BCUT2D eigenvalue weighted by Crippen LogP contribution is -2.38. The summed E-state index contributed by atoms with van der Waals surface area (Å²) in [6.07, 6.45) is -2.12. The van der Waals surface area contributed by atoms with Crippen molar-refractivity contribution in [2.24, 2.45) is 5.73 Å². The van der Waals surface area contributed by atoms with Crippen molar-refractivity contribution in [2.75, 3.05) is 26.4 Å². The average molecular weight is 365 g/mol. The smallest absolute Gasteiger partial charge is 0.323 e. The molecule has 0 aromatic heterocycles. The van der Waals surface area contributed by atoms with Gasteiger partial charge in [0.15, 0.2) is 0 Å². The van der Waals surface area contributed by atoms with Crippen LogP contribution in [0.5, 0.6) is 0 Å². The molecule has 148 valence electrons. The highest BCUT2D eigenvalue weighted by Gasteiger charge is 2.23. The molecule has 9 nitrogen and oxygen atoms in total. The zero-order valence-electron chi connectivity index (χ0n) is 15.3. The zero-order chi connectivity index (χ0) is 19.4. The van der Waals surface area contributed by atoms with Crippen molar-refractivity contribution < 1.29 is 38.7 Å². The minimum absolute atomic E-state index is 0.113. The van der Waals surface area contributed by atoms with Gasteiger partial charge in [0.2, 0.25) is 0 Å². The number of ether oxygens (including phenoxy) is 4. The van der Waals surface area contributed by atoms with Gasteiger partial charge in [-0.05, 0) is 27.7 Å². The molecule has 9 heteroatoms. The topological polar surface area (TPSA) is 138 Å². The number of hydrogen-bond donors (Lipinski definition) is 3. The summed E-state index contributed by atoms with van der Waals surface area (Å²) in [4.78, 5) is 23.6. The van der Waals surface area contributed by atoms with Crippen LogP contribution in [0.3, 0.4) is 0 Å². The lowest BCUT2D eigenvalue weighted by atomic mass is 10.2. The summed E-state index contributed by atoms with van der Waals surface area (Å²) in [6.45, 7) is 6.60. The van der Waals surface area contributed by atoms with E-state index in [1.807, 2.05) is 0 Å². The third-order valence-corrected chi connectivity index (χ3v) is 3.08. The lowest BCUT2D eigenvalue weighted by Gasteiger charge is -2.19. The van der Waals surface area contributed by atoms with Gasteiger partial charge in [-0.1, -0.05) is 0 Å². The van der Waals surface area contributed by atoms with Crippen LogP contribution in [0.1, 0.15) is 34.1 Å². The van der Waals surface area contributed by atoms with E-state index in [2.05, 4.69) is 0 Å². The number of hydrogen-bond acceptors (Lipinski definition) is 9. The summed E-state index contributed by atoms with van der Waals surface area (Å²) in [5, 5.41) is 17.7. The first kappa shape index (κ1) is 23.7. The van der Waals surface area contributed by atoms with Gasteiger partial charge in [-0.15, -0.1) is 0 Å². The average Bonchev–Trinajstić information content (AvgIpc) is 2.56. The molecule has 0 aromatic carbocycles. The van der Waals surface area contributed by atoms with E-state index < -0.39 is 30.2 Å². The summed E-state index contributed by atoms with van der Waals surface area (Å²) < 4.78 is 20.6. The minimum atomic E-state index is -1.14. The van der Waals surface area contributed by atoms with Crippen molar-refractivity contribution in [1.82, 2.24) is 0 Å². The largest absolute Gasteiger partial charge is 0.460 e. The molecule has 5 atom stereocenters. The zero-order valence-corrected chi connectivity index (χ0v) is 15.3. The molecule has 0 rings (SSSR count). The number of rotatable bonds is 13. The summed E-state index contributed by atoms with van der Waals surface area (Å²) in [7, 11) is 0. The molecule has 0 fully saturated rings. The standard InChI is InChI=1S/C16H31NO8/c1-10(6-18)22-8-12(3)24-15(20)5-14(17)16(21)25-13(4)9-23-11(2)7-19/h10-14,18-19H,5-9,17H2,1-4H3. The predicted octanol–water partition coefficient (Wildman–Crippen LogP) is -0.638. The highest BCUT2D eigenvalue weighted by Crippen LogP contribution is 2.04. The third-order valence-electron chi connectivity index (χ3n) is 3.08. The molecule has 0 aliphatic heterocycles. The second-order valence-corrected chi connectivity index (χ2v) is 6.01. The van der Waals surface area contributed by atoms with Gasteiger partial charge >= 0.3 is 11.9 Å². The molecule has 5 unspecified atom stereocenters. The van der Waals surface area contributed by atoms with Crippen molar-refractivity contribution in [3.8, 4) is 0 Å². The molecule has 4 N–H and O–H groups in total. The van der Waals surface area contributed by atoms with Gasteiger partial charge in [0.1, 0.15) is 18.2 Å². The fourth-order valence-corrected chi connectivity index (χ4v) is 1.59. The van der Waals surface area contributed by atoms with Crippen molar-refractivity contribution in [3.63, 3.8) is 0 Å². The summed E-state index contributed by atoms with van der Waals surface area (Å²) >= 11 is 0. The van der Waals surface area contributed by atoms with Gasteiger partial charge in [-0.25, -0.2) is 0 Å². The summed E-state index contributed by atoms with van der Waals surface area (Å²) in [6, 6.07) is -1.14. The number of nitrogens with two attached hydrogens (primary N) is 1. The van der Waals surface area contributed by atoms with E-state index in [1.54, 1.807) is 27.7 Å². The van der Waals surface area contributed by atoms with Gasteiger partial charge in [-0.2, -0.15) is 0 Å². The molecule has 0 saturated heterocycles. The molecule has 0 radical (unpaired) electrons. The molecular weight excluding hydrogens is 334 g/mol. The Labute approximate surface area is 148 Å². The Morgan fingerprint density at radius 1 is 0.840 bits per heavy atom. The minimum Gasteiger partial charge on any atom is -0.460 e. The van der Waals surface area contributed by atoms with Crippen LogP contribution in [0.2, 0.25) is 0 Å². The number of esters is 2. The van der Waals surface area contributed by atoms with Crippen molar-refractivity contribution in [2.45, 2.75) is 64.6 Å². The molecule has 0 aliphatic carbocycles. The van der Waals surface area contributed by atoms with Crippen molar-refractivity contribution in [3.05, 3.63) is 0 Å².